The lowest BCUT2D eigenvalue weighted by Crippen LogP contribution is -2.10. The lowest BCUT2D eigenvalue weighted by molar-refractivity contribution is 0.669. The van der Waals surface area contributed by atoms with Gasteiger partial charge in [0.1, 0.15) is 11.2 Å². The zero-order valence-corrected chi connectivity index (χ0v) is 31.1. The van der Waals surface area contributed by atoms with E-state index < -0.39 is 0 Å². The zero-order chi connectivity index (χ0) is 37.7. The van der Waals surface area contributed by atoms with E-state index in [0.29, 0.717) is 0 Å². The van der Waals surface area contributed by atoms with Gasteiger partial charge < -0.3 is 13.9 Å². The Morgan fingerprint density at radius 2 is 0.789 bits per heavy atom. The van der Waals surface area contributed by atoms with Crippen molar-refractivity contribution in [3.05, 3.63) is 218 Å². The molecule has 3 heteroatoms. The highest BCUT2D eigenvalue weighted by Crippen LogP contribution is 2.40. The average molecular weight is 729 g/mol. The molecule has 57 heavy (non-hydrogen) atoms. The highest BCUT2D eigenvalue weighted by molar-refractivity contribution is 6.09. The molecule has 11 aromatic rings. The summed E-state index contributed by atoms with van der Waals surface area (Å²) in [6.45, 7) is 0. The third kappa shape index (κ3) is 5.76. The summed E-state index contributed by atoms with van der Waals surface area (Å²) in [4.78, 5) is 2.34. The fourth-order valence-electron chi connectivity index (χ4n) is 8.44. The first-order valence-electron chi connectivity index (χ1n) is 19.4. The summed E-state index contributed by atoms with van der Waals surface area (Å²) in [6.07, 6.45) is 0. The molecule has 3 nitrogen and oxygen atoms in total. The third-order valence-electron chi connectivity index (χ3n) is 11.2. The van der Waals surface area contributed by atoms with Gasteiger partial charge in [-0.05, 0) is 112 Å². The molecule has 0 saturated carbocycles. The molecule has 0 aliphatic heterocycles. The standard InChI is InChI=1S/C54H36N2O/c1-2-12-37(13-3-1)38-24-29-43(30-25-38)55(45-16-11-15-41(35-45)42-28-33-50-49-20-6-9-23-53(49)57-54(50)36-42)44-31-26-39(27-32-44)40-14-10-17-46(34-40)56-51-21-7-4-18-47(51)48-19-5-8-22-52(48)56/h1-36H. The van der Waals surface area contributed by atoms with Crippen molar-refractivity contribution in [1.82, 2.24) is 4.57 Å². The highest BCUT2D eigenvalue weighted by Gasteiger charge is 2.16. The van der Waals surface area contributed by atoms with Crippen LogP contribution in [-0.2, 0) is 0 Å². The number of furan rings is 1. The van der Waals surface area contributed by atoms with E-state index in [0.717, 1.165) is 61.4 Å². The van der Waals surface area contributed by atoms with Gasteiger partial charge in [0.15, 0.2) is 0 Å². The number of rotatable bonds is 7. The quantitative estimate of drug-likeness (QED) is 0.163. The number of aromatic nitrogens is 1. The molecular weight excluding hydrogens is 693 g/mol. The first kappa shape index (κ1) is 32.8. The Kier molecular flexibility index (Phi) is 7.82. The molecule has 0 saturated heterocycles. The van der Waals surface area contributed by atoms with Gasteiger partial charge in [0.2, 0.25) is 0 Å². The Balaban J connectivity index is 0.985. The summed E-state index contributed by atoms with van der Waals surface area (Å²) in [7, 11) is 0. The molecule has 2 aromatic heterocycles. The summed E-state index contributed by atoms with van der Waals surface area (Å²) in [6, 6.07) is 78.2. The molecule has 0 amide bonds. The van der Waals surface area contributed by atoms with Crippen LogP contribution in [0.2, 0.25) is 0 Å². The maximum absolute atomic E-state index is 6.28. The largest absolute Gasteiger partial charge is 0.456 e. The minimum Gasteiger partial charge on any atom is -0.456 e. The fourth-order valence-corrected chi connectivity index (χ4v) is 8.44. The van der Waals surface area contributed by atoms with Crippen LogP contribution in [0.5, 0.6) is 0 Å². The molecule has 0 radical (unpaired) electrons. The molecule has 0 aliphatic rings. The summed E-state index contributed by atoms with van der Waals surface area (Å²) in [5, 5.41) is 4.80. The Bertz CT molecular complexity index is 3170. The first-order valence-corrected chi connectivity index (χ1v) is 19.4. The van der Waals surface area contributed by atoms with Crippen molar-refractivity contribution in [2.45, 2.75) is 0 Å². The van der Waals surface area contributed by atoms with Gasteiger partial charge in [-0.15, -0.1) is 0 Å². The van der Waals surface area contributed by atoms with Crippen LogP contribution in [0.4, 0.5) is 17.1 Å². The second-order valence-corrected chi connectivity index (χ2v) is 14.6. The van der Waals surface area contributed by atoms with Crippen LogP contribution >= 0.6 is 0 Å². The number of hydrogen-bond acceptors (Lipinski definition) is 2. The molecule has 0 spiro atoms. The van der Waals surface area contributed by atoms with Crippen LogP contribution in [0.1, 0.15) is 0 Å². The molecule has 9 aromatic carbocycles. The van der Waals surface area contributed by atoms with Crippen LogP contribution < -0.4 is 4.90 Å². The summed E-state index contributed by atoms with van der Waals surface area (Å²) >= 11 is 0. The van der Waals surface area contributed by atoms with Crippen molar-refractivity contribution >= 4 is 60.8 Å². The second kappa shape index (κ2) is 13.6. The Morgan fingerprint density at radius 3 is 1.49 bits per heavy atom. The molecule has 0 aliphatic carbocycles. The number of fused-ring (bicyclic) bond motifs is 6. The molecule has 11 rings (SSSR count). The maximum atomic E-state index is 6.28. The second-order valence-electron chi connectivity index (χ2n) is 14.6. The van der Waals surface area contributed by atoms with E-state index in [1.54, 1.807) is 0 Å². The van der Waals surface area contributed by atoms with Crippen molar-refractivity contribution in [2.75, 3.05) is 4.90 Å². The molecule has 0 N–H and O–H groups in total. The normalized spacial score (nSPS) is 11.5. The van der Waals surface area contributed by atoms with Gasteiger partial charge in [0, 0.05) is 44.3 Å². The van der Waals surface area contributed by atoms with Crippen molar-refractivity contribution < 1.29 is 4.42 Å². The summed E-state index contributed by atoms with van der Waals surface area (Å²) in [5.41, 5.74) is 15.6. The number of hydrogen-bond donors (Lipinski definition) is 0. The lowest BCUT2D eigenvalue weighted by Gasteiger charge is -2.26. The Hall–Kier alpha value is -7.62. The summed E-state index contributed by atoms with van der Waals surface area (Å²) < 4.78 is 8.66. The number of benzene rings is 9. The van der Waals surface area contributed by atoms with E-state index in [-0.39, 0.29) is 0 Å². The van der Waals surface area contributed by atoms with E-state index >= 15 is 0 Å². The predicted molar refractivity (Wildman–Crippen MR) is 239 cm³/mol. The SMILES string of the molecule is c1ccc(-c2ccc(N(c3ccc(-c4cccc(-n5c6ccccc6c6ccccc65)c4)cc3)c3cccc(-c4ccc5c(c4)oc4ccccc45)c3)cc2)cc1. The van der Waals surface area contributed by atoms with Crippen LogP contribution in [-0.4, -0.2) is 4.57 Å². The molecular formula is C54H36N2O. The molecule has 0 fully saturated rings. The third-order valence-corrected chi connectivity index (χ3v) is 11.2. The van der Waals surface area contributed by atoms with E-state index in [4.69, 9.17) is 4.42 Å². The van der Waals surface area contributed by atoms with Gasteiger partial charge in [-0.2, -0.15) is 0 Å². The Morgan fingerprint density at radius 1 is 0.298 bits per heavy atom. The molecule has 0 bridgehead atoms. The topological polar surface area (TPSA) is 21.3 Å². The average Bonchev–Trinajstić information content (AvgIpc) is 3.83. The molecule has 268 valence electrons. The fraction of sp³-hybridized carbons (Fsp3) is 0. The number of nitrogens with zero attached hydrogens (tertiary/aromatic N) is 2. The monoisotopic (exact) mass is 728 g/mol. The molecule has 0 unspecified atom stereocenters. The molecule has 2 heterocycles. The van der Waals surface area contributed by atoms with Gasteiger partial charge in [-0.1, -0.05) is 140 Å². The van der Waals surface area contributed by atoms with Crippen LogP contribution in [0.3, 0.4) is 0 Å². The van der Waals surface area contributed by atoms with Crippen LogP contribution in [0, 0.1) is 0 Å². The van der Waals surface area contributed by atoms with E-state index in [2.05, 4.69) is 216 Å². The number of anilines is 3. The van der Waals surface area contributed by atoms with Gasteiger partial charge in [0.05, 0.1) is 11.0 Å². The van der Waals surface area contributed by atoms with Gasteiger partial charge in [-0.25, -0.2) is 0 Å². The van der Waals surface area contributed by atoms with Crippen molar-refractivity contribution in [2.24, 2.45) is 0 Å². The summed E-state index contributed by atoms with van der Waals surface area (Å²) in [5.74, 6) is 0. The van der Waals surface area contributed by atoms with Gasteiger partial charge in [-0.3, -0.25) is 0 Å². The minimum absolute atomic E-state index is 0.894. The number of para-hydroxylation sites is 3. The van der Waals surface area contributed by atoms with Crippen LogP contribution in [0.25, 0.3) is 82.8 Å². The Labute approximate surface area is 330 Å². The van der Waals surface area contributed by atoms with E-state index in [1.807, 2.05) is 12.1 Å². The van der Waals surface area contributed by atoms with Gasteiger partial charge in [0.25, 0.3) is 0 Å². The van der Waals surface area contributed by atoms with Gasteiger partial charge >= 0.3 is 0 Å². The predicted octanol–water partition coefficient (Wildman–Crippen LogP) is 15.2. The highest BCUT2D eigenvalue weighted by atomic mass is 16.3. The van der Waals surface area contributed by atoms with Crippen molar-refractivity contribution in [3.63, 3.8) is 0 Å². The van der Waals surface area contributed by atoms with Crippen molar-refractivity contribution in [3.8, 4) is 39.1 Å². The zero-order valence-electron chi connectivity index (χ0n) is 31.1. The van der Waals surface area contributed by atoms with E-state index in [9.17, 15) is 0 Å². The minimum atomic E-state index is 0.894. The van der Waals surface area contributed by atoms with Crippen LogP contribution in [0.15, 0.2) is 223 Å². The smallest absolute Gasteiger partial charge is 0.136 e. The maximum Gasteiger partial charge on any atom is 0.136 e. The molecule has 0 atom stereocenters. The lowest BCUT2D eigenvalue weighted by atomic mass is 10.0. The first-order chi connectivity index (χ1) is 28.2. The van der Waals surface area contributed by atoms with E-state index in [1.165, 1.54) is 38.5 Å². The van der Waals surface area contributed by atoms with Crippen molar-refractivity contribution in [1.29, 1.82) is 0 Å².